The molecular weight excluding hydrogens is 160 g/mol. The van der Waals surface area contributed by atoms with Crippen LogP contribution in [-0.2, 0) is 0 Å². The molecule has 0 atom stereocenters. The predicted octanol–water partition coefficient (Wildman–Crippen LogP) is 4.01. The quantitative estimate of drug-likeness (QED) is 0.453. The minimum absolute atomic E-state index is 0.425. The van der Waals surface area contributed by atoms with Gasteiger partial charge in [-0.25, -0.2) is 0 Å². The average molecular weight is 179 g/mol. The van der Waals surface area contributed by atoms with E-state index < -0.39 is 7.38 Å². The Balaban J connectivity index is 4.33. The van der Waals surface area contributed by atoms with Crippen LogP contribution in [0.3, 0.4) is 0 Å². The van der Waals surface area contributed by atoms with Gasteiger partial charge in [0.2, 0.25) is 0 Å². The van der Waals surface area contributed by atoms with Crippen molar-refractivity contribution >= 4 is 18.5 Å². The molecule has 0 nitrogen and oxygen atoms in total. The van der Waals surface area contributed by atoms with Crippen molar-refractivity contribution in [2.75, 3.05) is 0 Å². The topological polar surface area (TPSA) is 0 Å². The molecule has 0 aromatic carbocycles. The smallest absolute Gasteiger partial charge is 0.156 e. The first kappa shape index (κ1) is 10.5. The first-order valence-electron chi connectivity index (χ1n) is 4.06. The SMILES string of the molecule is CCC(C)(CC)[Si](C)(C)Cl. The van der Waals surface area contributed by atoms with Crippen molar-refractivity contribution in [1.29, 1.82) is 0 Å². The fraction of sp³-hybridized carbons (Fsp3) is 1.00. The molecule has 0 aliphatic heterocycles. The molecule has 0 rings (SSSR count). The monoisotopic (exact) mass is 178 g/mol. The summed E-state index contributed by atoms with van der Waals surface area (Å²) in [6, 6.07) is 0. The van der Waals surface area contributed by atoms with E-state index in [4.69, 9.17) is 11.1 Å². The van der Waals surface area contributed by atoms with Crippen LogP contribution in [0.25, 0.3) is 0 Å². The van der Waals surface area contributed by atoms with Crippen LogP contribution in [0.5, 0.6) is 0 Å². The molecule has 10 heavy (non-hydrogen) atoms. The van der Waals surface area contributed by atoms with E-state index in [9.17, 15) is 0 Å². The molecule has 0 spiro atoms. The molecular formula is C8H19ClSi. The molecule has 0 amide bonds. The highest BCUT2D eigenvalue weighted by Gasteiger charge is 2.38. The van der Waals surface area contributed by atoms with Gasteiger partial charge in [-0.05, 0) is 5.04 Å². The molecule has 0 N–H and O–H groups in total. The number of hydrogen-bond acceptors (Lipinski definition) is 0. The van der Waals surface area contributed by atoms with Crippen LogP contribution >= 0.6 is 11.1 Å². The molecule has 0 bridgehead atoms. The van der Waals surface area contributed by atoms with Gasteiger partial charge in [0, 0.05) is 0 Å². The predicted molar refractivity (Wildman–Crippen MR) is 52.3 cm³/mol. The molecule has 62 valence electrons. The van der Waals surface area contributed by atoms with Crippen LogP contribution in [0, 0.1) is 0 Å². The lowest BCUT2D eigenvalue weighted by Crippen LogP contribution is -2.34. The normalized spacial score (nSPS) is 13.8. The van der Waals surface area contributed by atoms with E-state index in [0.29, 0.717) is 5.04 Å². The van der Waals surface area contributed by atoms with Crippen molar-refractivity contribution in [2.24, 2.45) is 0 Å². The summed E-state index contributed by atoms with van der Waals surface area (Å²) in [7, 11) is -1.44. The molecule has 0 radical (unpaired) electrons. The summed E-state index contributed by atoms with van der Waals surface area (Å²) in [5.74, 6) is 0. The molecule has 0 aromatic heterocycles. The Bertz CT molecular complexity index is 100. The Labute approximate surface area is 70.7 Å². The van der Waals surface area contributed by atoms with Crippen molar-refractivity contribution in [1.82, 2.24) is 0 Å². The zero-order valence-corrected chi connectivity index (χ0v) is 9.55. The summed E-state index contributed by atoms with van der Waals surface area (Å²) >= 11 is 6.38. The highest BCUT2D eigenvalue weighted by molar-refractivity contribution is 7.20. The maximum absolute atomic E-state index is 6.38. The Hall–Kier alpha value is 0.507. The van der Waals surface area contributed by atoms with Crippen molar-refractivity contribution < 1.29 is 0 Å². The molecule has 0 fully saturated rings. The lowest BCUT2D eigenvalue weighted by Gasteiger charge is -2.36. The highest BCUT2D eigenvalue weighted by atomic mass is 35.6. The average Bonchev–Trinajstić information content (AvgIpc) is 1.84. The largest absolute Gasteiger partial charge is 0.167 e. The van der Waals surface area contributed by atoms with Gasteiger partial charge in [-0.15, -0.1) is 0 Å². The minimum Gasteiger partial charge on any atom is -0.167 e. The minimum atomic E-state index is -1.44. The first-order chi connectivity index (χ1) is 4.37. The van der Waals surface area contributed by atoms with E-state index in [2.05, 4.69) is 33.9 Å². The van der Waals surface area contributed by atoms with Gasteiger partial charge in [0.15, 0.2) is 7.38 Å². The van der Waals surface area contributed by atoms with Gasteiger partial charge in [0.05, 0.1) is 0 Å². The van der Waals surface area contributed by atoms with E-state index in [-0.39, 0.29) is 0 Å². The highest BCUT2D eigenvalue weighted by Crippen LogP contribution is 2.45. The number of halogens is 1. The fourth-order valence-corrected chi connectivity index (χ4v) is 3.57. The maximum atomic E-state index is 6.38. The van der Waals surface area contributed by atoms with Crippen LogP contribution < -0.4 is 0 Å². The standard InChI is InChI=1S/C8H19ClSi/c1-6-8(3,7-2)10(4,5)9/h6-7H2,1-5H3. The summed E-state index contributed by atoms with van der Waals surface area (Å²) in [5, 5.41) is 0.425. The third-order valence-corrected chi connectivity index (χ3v) is 7.94. The lowest BCUT2D eigenvalue weighted by molar-refractivity contribution is 0.550. The van der Waals surface area contributed by atoms with Crippen LogP contribution in [-0.4, -0.2) is 7.38 Å². The zero-order chi connectivity index (χ0) is 8.41. The van der Waals surface area contributed by atoms with Gasteiger partial charge in [-0.3, -0.25) is 0 Å². The molecule has 0 saturated heterocycles. The molecule has 0 aliphatic rings. The van der Waals surface area contributed by atoms with Crippen molar-refractivity contribution in [3.8, 4) is 0 Å². The van der Waals surface area contributed by atoms with Gasteiger partial charge < -0.3 is 0 Å². The molecule has 0 aromatic rings. The molecule has 0 aliphatic carbocycles. The maximum Gasteiger partial charge on any atom is 0.156 e. The van der Waals surface area contributed by atoms with Gasteiger partial charge in [-0.2, -0.15) is 11.1 Å². The van der Waals surface area contributed by atoms with Crippen molar-refractivity contribution in [3.63, 3.8) is 0 Å². The Kier molecular flexibility index (Phi) is 3.43. The second-order valence-electron chi connectivity index (χ2n) is 3.74. The van der Waals surface area contributed by atoms with Gasteiger partial charge >= 0.3 is 0 Å². The lowest BCUT2D eigenvalue weighted by atomic mass is 10.1. The van der Waals surface area contributed by atoms with Gasteiger partial charge in [0.1, 0.15) is 0 Å². The van der Waals surface area contributed by atoms with E-state index in [1.54, 1.807) is 0 Å². The summed E-state index contributed by atoms with van der Waals surface area (Å²) in [4.78, 5) is 0. The van der Waals surface area contributed by atoms with Crippen LogP contribution in [0.2, 0.25) is 18.1 Å². The van der Waals surface area contributed by atoms with Crippen molar-refractivity contribution in [2.45, 2.75) is 51.7 Å². The van der Waals surface area contributed by atoms with Gasteiger partial charge in [-0.1, -0.05) is 46.7 Å². The third-order valence-electron chi connectivity index (χ3n) is 3.00. The van der Waals surface area contributed by atoms with Crippen LogP contribution in [0.15, 0.2) is 0 Å². The summed E-state index contributed by atoms with van der Waals surface area (Å²) in [5.41, 5.74) is 0. The number of rotatable bonds is 3. The molecule has 0 unspecified atom stereocenters. The van der Waals surface area contributed by atoms with Gasteiger partial charge in [0.25, 0.3) is 0 Å². The summed E-state index contributed by atoms with van der Waals surface area (Å²) in [6.45, 7) is 11.3. The molecule has 0 saturated carbocycles. The second-order valence-corrected chi connectivity index (χ2v) is 10.7. The Morgan fingerprint density at radius 1 is 1.20 bits per heavy atom. The van der Waals surface area contributed by atoms with E-state index in [0.717, 1.165) is 0 Å². The number of hydrogen-bond donors (Lipinski definition) is 0. The van der Waals surface area contributed by atoms with Crippen molar-refractivity contribution in [3.05, 3.63) is 0 Å². The molecule has 0 heterocycles. The van der Waals surface area contributed by atoms with E-state index in [1.807, 2.05) is 0 Å². The van der Waals surface area contributed by atoms with Crippen LogP contribution in [0.4, 0.5) is 0 Å². The van der Waals surface area contributed by atoms with E-state index in [1.165, 1.54) is 12.8 Å². The first-order valence-corrected chi connectivity index (χ1v) is 8.07. The zero-order valence-electron chi connectivity index (χ0n) is 7.79. The fourth-order valence-electron chi connectivity index (χ4n) is 1.09. The van der Waals surface area contributed by atoms with E-state index >= 15 is 0 Å². The van der Waals surface area contributed by atoms with Crippen LogP contribution in [0.1, 0.15) is 33.6 Å². The second kappa shape index (κ2) is 3.27. The summed E-state index contributed by atoms with van der Waals surface area (Å²) < 4.78 is 0. The molecule has 2 heteroatoms. The summed E-state index contributed by atoms with van der Waals surface area (Å²) in [6.07, 6.45) is 2.43. The Morgan fingerprint density at radius 3 is 1.50 bits per heavy atom. The third kappa shape index (κ3) is 1.99. The Morgan fingerprint density at radius 2 is 1.50 bits per heavy atom.